The van der Waals surface area contributed by atoms with Crippen molar-refractivity contribution in [3.8, 4) is 5.75 Å². The number of carbonyl (C=O) groups excluding carboxylic acids is 1. The van der Waals surface area contributed by atoms with E-state index in [4.69, 9.17) is 16.3 Å². The molecule has 1 aromatic heterocycles. The van der Waals surface area contributed by atoms with Crippen molar-refractivity contribution in [2.75, 3.05) is 17.7 Å². The molecular weight excluding hydrogens is 352 g/mol. The molecule has 2 aromatic carbocycles. The second-order valence-electron chi connectivity index (χ2n) is 5.51. The van der Waals surface area contributed by atoms with Crippen molar-refractivity contribution in [2.45, 2.75) is 6.42 Å². The summed E-state index contributed by atoms with van der Waals surface area (Å²) in [7, 11) is 1.60. The highest BCUT2D eigenvalue weighted by molar-refractivity contribution is 6.30. The molecule has 1 amide bonds. The maximum absolute atomic E-state index is 12.1. The minimum absolute atomic E-state index is 0.167. The molecule has 0 bridgehead atoms. The van der Waals surface area contributed by atoms with Crippen LogP contribution in [0.2, 0.25) is 5.02 Å². The van der Waals surface area contributed by atoms with Gasteiger partial charge in [-0.25, -0.2) is 0 Å². The Morgan fingerprint density at radius 1 is 1.04 bits per heavy atom. The Morgan fingerprint density at radius 2 is 1.77 bits per heavy atom. The van der Waals surface area contributed by atoms with Gasteiger partial charge in [0.05, 0.1) is 13.5 Å². The Balaban J connectivity index is 1.57. The minimum atomic E-state index is -0.167. The first kappa shape index (κ1) is 17.7. The number of hydrogen-bond acceptors (Lipinski definition) is 5. The van der Waals surface area contributed by atoms with E-state index in [0.29, 0.717) is 16.7 Å². The number of carbonyl (C=O) groups is 1. The average molecular weight is 369 g/mol. The summed E-state index contributed by atoms with van der Waals surface area (Å²) in [6.07, 6.45) is 0.244. The number of ether oxygens (including phenoxy) is 1. The fourth-order valence-electron chi connectivity index (χ4n) is 2.30. The van der Waals surface area contributed by atoms with E-state index in [2.05, 4.69) is 20.8 Å². The highest BCUT2D eigenvalue weighted by Crippen LogP contribution is 2.19. The van der Waals surface area contributed by atoms with E-state index in [1.807, 2.05) is 36.4 Å². The summed E-state index contributed by atoms with van der Waals surface area (Å²) in [6.45, 7) is 0. The van der Waals surface area contributed by atoms with Gasteiger partial charge in [0, 0.05) is 10.7 Å². The summed E-state index contributed by atoms with van der Waals surface area (Å²) in [6, 6.07) is 18.0. The van der Waals surface area contributed by atoms with Crippen molar-refractivity contribution >= 4 is 34.8 Å². The molecule has 0 atom stereocenters. The molecule has 26 heavy (non-hydrogen) atoms. The Morgan fingerprint density at radius 3 is 2.42 bits per heavy atom. The van der Waals surface area contributed by atoms with Crippen LogP contribution in [-0.2, 0) is 11.2 Å². The van der Waals surface area contributed by atoms with Gasteiger partial charge >= 0.3 is 0 Å². The van der Waals surface area contributed by atoms with Crippen molar-refractivity contribution in [3.63, 3.8) is 0 Å². The van der Waals surface area contributed by atoms with Crippen molar-refractivity contribution in [1.82, 2.24) is 10.2 Å². The zero-order valence-corrected chi connectivity index (χ0v) is 14.8. The molecule has 0 aliphatic carbocycles. The smallest absolute Gasteiger partial charge is 0.229 e. The standard InChI is InChI=1S/C19H17ClN4O2/c1-26-16-7-5-13(6-8-16)11-19(25)22-18-10-9-17(23-24-18)21-15-4-2-3-14(20)12-15/h2-10,12H,11H2,1H3,(H,21,23)(H,22,24,25). The van der Waals surface area contributed by atoms with Crippen LogP contribution < -0.4 is 15.4 Å². The lowest BCUT2D eigenvalue weighted by atomic mass is 10.1. The number of anilines is 3. The fraction of sp³-hybridized carbons (Fsp3) is 0.105. The third kappa shape index (κ3) is 4.94. The van der Waals surface area contributed by atoms with E-state index >= 15 is 0 Å². The molecule has 132 valence electrons. The van der Waals surface area contributed by atoms with Crippen LogP contribution in [0, 0.1) is 0 Å². The third-order valence-corrected chi connectivity index (χ3v) is 3.79. The van der Waals surface area contributed by atoms with Crippen LogP contribution in [0.4, 0.5) is 17.3 Å². The van der Waals surface area contributed by atoms with Crippen LogP contribution in [0.15, 0.2) is 60.7 Å². The second-order valence-corrected chi connectivity index (χ2v) is 5.95. The van der Waals surface area contributed by atoms with Crippen molar-refractivity contribution in [3.05, 3.63) is 71.2 Å². The third-order valence-electron chi connectivity index (χ3n) is 3.55. The number of benzene rings is 2. The Labute approximate surface area is 156 Å². The maximum atomic E-state index is 12.1. The summed E-state index contributed by atoms with van der Waals surface area (Å²) >= 11 is 5.95. The average Bonchev–Trinajstić information content (AvgIpc) is 2.64. The zero-order chi connectivity index (χ0) is 18.4. The van der Waals surface area contributed by atoms with Gasteiger partial charge in [-0.2, -0.15) is 0 Å². The Kier molecular flexibility index (Phi) is 5.66. The molecule has 2 N–H and O–H groups in total. The van der Waals surface area contributed by atoms with Gasteiger partial charge in [0.1, 0.15) is 5.75 Å². The summed E-state index contributed by atoms with van der Waals surface area (Å²) < 4.78 is 5.10. The number of amides is 1. The van der Waals surface area contributed by atoms with E-state index in [1.165, 1.54) is 0 Å². The highest BCUT2D eigenvalue weighted by Gasteiger charge is 2.06. The molecule has 0 fully saturated rings. The summed E-state index contributed by atoms with van der Waals surface area (Å²) in [5, 5.41) is 14.5. The minimum Gasteiger partial charge on any atom is -0.497 e. The maximum Gasteiger partial charge on any atom is 0.229 e. The molecule has 7 heteroatoms. The number of rotatable bonds is 6. The fourth-order valence-corrected chi connectivity index (χ4v) is 2.49. The van der Waals surface area contributed by atoms with E-state index in [9.17, 15) is 4.79 Å². The number of halogens is 1. The van der Waals surface area contributed by atoms with Crippen LogP contribution in [0.5, 0.6) is 5.75 Å². The van der Waals surface area contributed by atoms with Gasteiger partial charge in [-0.1, -0.05) is 29.8 Å². The van der Waals surface area contributed by atoms with Crippen LogP contribution in [0.25, 0.3) is 0 Å². The molecule has 0 aliphatic rings. The first-order valence-electron chi connectivity index (χ1n) is 7.91. The van der Waals surface area contributed by atoms with Gasteiger partial charge in [0.2, 0.25) is 5.91 Å². The lowest BCUT2D eigenvalue weighted by Crippen LogP contribution is -2.15. The molecule has 0 radical (unpaired) electrons. The number of nitrogens with one attached hydrogen (secondary N) is 2. The van der Waals surface area contributed by atoms with E-state index < -0.39 is 0 Å². The Bertz CT molecular complexity index is 883. The molecular formula is C19H17ClN4O2. The van der Waals surface area contributed by atoms with Gasteiger partial charge < -0.3 is 15.4 Å². The summed E-state index contributed by atoms with van der Waals surface area (Å²) in [5.74, 6) is 1.53. The topological polar surface area (TPSA) is 76.1 Å². The molecule has 0 unspecified atom stereocenters. The Hall–Kier alpha value is -3.12. The molecule has 0 saturated carbocycles. The molecule has 6 nitrogen and oxygen atoms in total. The highest BCUT2D eigenvalue weighted by atomic mass is 35.5. The SMILES string of the molecule is COc1ccc(CC(=O)Nc2ccc(Nc3cccc(Cl)c3)nn2)cc1. The van der Waals surface area contributed by atoms with Crippen LogP contribution >= 0.6 is 11.6 Å². The normalized spacial score (nSPS) is 10.2. The van der Waals surface area contributed by atoms with E-state index in [0.717, 1.165) is 17.0 Å². The number of hydrogen-bond donors (Lipinski definition) is 2. The zero-order valence-electron chi connectivity index (χ0n) is 14.1. The molecule has 0 spiro atoms. The number of nitrogens with zero attached hydrogens (tertiary/aromatic N) is 2. The van der Waals surface area contributed by atoms with Crippen molar-refractivity contribution in [2.24, 2.45) is 0 Å². The van der Waals surface area contributed by atoms with Gasteiger partial charge in [0.25, 0.3) is 0 Å². The van der Waals surface area contributed by atoms with Gasteiger partial charge in [-0.3, -0.25) is 4.79 Å². The predicted molar refractivity (Wildman–Crippen MR) is 102 cm³/mol. The summed E-state index contributed by atoms with van der Waals surface area (Å²) in [4.78, 5) is 12.1. The molecule has 0 saturated heterocycles. The second kappa shape index (κ2) is 8.31. The molecule has 0 aliphatic heterocycles. The lowest BCUT2D eigenvalue weighted by Gasteiger charge is -2.07. The summed E-state index contributed by atoms with van der Waals surface area (Å²) in [5.41, 5.74) is 1.69. The van der Waals surface area contributed by atoms with Crippen molar-refractivity contribution < 1.29 is 9.53 Å². The van der Waals surface area contributed by atoms with Crippen LogP contribution in [0.3, 0.4) is 0 Å². The van der Waals surface area contributed by atoms with Gasteiger partial charge in [-0.15, -0.1) is 10.2 Å². The van der Waals surface area contributed by atoms with E-state index in [-0.39, 0.29) is 12.3 Å². The lowest BCUT2D eigenvalue weighted by molar-refractivity contribution is -0.115. The molecule has 1 heterocycles. The molecule has 3 aromatic rings. The number of methoxy groups -OCH3 is 1. The van der Waals surface area contributed by atoms with Crippen LogP contribution in [-0.4, -0.2) is 23.2 Å². The van der Waals surface area contributed by atoms with Crippen LogP contribution in [0.1, 0.15) is 5.56 Å². The number of aromatic nitrogens is 2. The van der Waals surface area contributed by atoms with E-state index in [1.54, 1.807) is 31.4 Å². The first-order valence-corrected chi connectivity index (χ1v) is 8.29. The van der Waals surface area contributed by atoms with Gasteiger partial charge in [-0.05, 0) is 48.0 Å². The predicted octanol–water partition coefficient (Wildman–Crippen LogP) is 4.06. The quantitative estimate of drug-likeness (QED) is 0.686. The largest absolute Gasteiger partial charge is 0.497 e. The molecule has 3 rings (SSSR count). The first-order chi connectivity index (χ1) is 12.6. The van der Waals surface area contributed by atoms with Crippen molar-refractivity contribution in [1.29, 1.82) is 0 Å². The monoisotopic (exact) mass is 368 g/mol. The van der Waals surface area contributed by atoms with Gasteiger partial charge in [0.15, 0.2) is 11.6 Å².